The number of alkyl halides is 1. The van der Waals surface area contributed by atoms with E-state index in [1.165, 1.54) is 13.8 Å². The van der Waals surface area contributed by atoms with Gasteiger partial charge in [0.1, 0.15) is 21.7 Å². The minimum Gasteiger partial charge on any atom is -0.478 e. The van der Waals surface area contributed by atoms with Crippen LogP contribution in [0, 0.1) is 11.6 Å². The van der Waals surface area contributed by atoms with Crippen LogP contribution < -0.4 is 0 Å². The molecule has 2 rings (SSSR count). The maximum atomic E-state index is 13.2. The van der Waals surface area contributed by atoms with Crippen molar-refractivity contribution in [2.24, 2.45) is 5.16 Å². The highest BCUT2D eigenvalue weighted by atomic mass is 79.9. The normalized spacial score (nSPS) is 29.8. The molecule has 1 aliphatic heterocycles. The lowest BCUT2D eigenvalue weighted by Crippen LogP contribution is -2.53. The Labute approximate surface area is 116 Å². The molecule has 1 N–H and O–H groups in total. The summed E-state index contributed by atoms with van der Waals surface area (Å²) in [4.78, 5) is 16.2. The topological polar surface area (TPSA) is 58.9 Å². The molecule has 1 heterocycles. The van der Waals surface area contributed by atoms with Crippen molar-refractivity contribution < 1.29 is 23.5 Å². The van der Waals surface area contributed by atoms with Crippen molar-refractivity contribution in [2.75, 3.05) is 0 Å². The Morgan fingerprint density at radius 1 is 1.32 bits per heavy atom. The first-order chi connectivity index (χ1) is 8.68. The smallest absolute Gasteiger partial charge is 0.352 e. The molecule has 0 fully saturated rings. The lowest BCUT2D eigenvalue weighted by Gasteiger charge is -2.30. The van der Waals surface area contributed by atoms with Crippen LogP contribution in [-0.4, -0.2) is 26.7 Å². The molecule has 0 spiro atoms. The third-order valence-electron chi connectivity index (χ3n) is 3.20. The monoisotopic (exact) mass is 333 g/mol. The van der Waals surface area contributed by atoms with Gasteiger partial charge in [-0.05, 0) is 26.0 Å². The van der Waals surface area contributed by atoms with Gasteiger partial charge in [0.2, 0.25) is 0 Å². The van der Waals surface area contributed by atoms with Gasteiger partial charge in [-0.1, -0.05) is 21.1 Å². The highest BCUT2D eigenvalue weighted by Gasteiger charge is 2.59. The van der Waals surface area contributed by atoms with E-state index in [0.29, 0.717) is 0 Å². The van der Waals surface area contributed by atoms with Crippen molar-refractivity contribution in [2.45, 2.75) is 23.8 Å². The van der Waals surface area contributed by atoms with Crippen molar-refractivity contribution in [1.82, 2.24) is 0 Å². The molecular weight excluding hydrogens is 324 g/mol. The van der Waals surface area contributed by atoms with Crippen molar-refractivity contribution in [3.63, 3.8) is 0 Å². The Morgan fingerprint density at radius 2 is 1.84 bits per heavy atom. The number of nitrogens with zero attached hydrogens (tertiary/aromatic N) is 1. The predicted octanol–water partition coefficient (Wildman–Crippen LogP) is 2.70. The summed E-state index contributed by atoms with van der Waals surface area (Å²) in [5.74, 6) is -2.78. The first kappa shape index (κ1) is 13.9. The van der Waals surface area contributed by atoms with Crippen LogP contribution in [0.25, 0.3) is 0 Å². The fourth-order valence-corrected chi connectivity index (χ4v) is 2.33. The maximum Gasteiger partial charge on any atom is 0.352 e. The molecule has 0 saturated heterocycles. The molecule has 0 aromatic heterocycles. The van der Waals surface area contributed by atoms with Crippen LogP contribution in [0.4, 0.5) is 8.78 Å². The molecule has 4 nitrogen and oxygen atoms in total. The number of carboxylic acids is 1. The molecule has 102 valence electrons. The zero-order valence-corrected chi connectivity index (χ0v) is 11.7. The second kappa shape index (κ2) is 4.26. The van der Waals surface area contributed by atoms with Gasteiger partial charge >= 0.3 is 5.97 Å². The molecule has 1 aliphatic rings. The van der Waals surface area contributed by atoms with Crippen molar-refractivity contribution >= 4 is 27.6 Å². The Morgan fingerprint density at radius 3 is 2.26 bits per heavy atom. The predicted molar refractivity (Wildman–Crippen MR) is 67.4 cm³/mol. The average Bonchev–Trinajstić information content (AvgIpc) is 2.50. The SMILES string of the molecule is CC1(Br)C(c2cc(F)cc(F)c2)=NOC1(C)C(=O)O. The highest BCUT2D eigenvalue weighted by molar-refractivity contribution is 9.10. The van der Waals surface area contributed by atoms with Crippen LogP contribution in [-0.2, 0) is 9.63 Å². The first-order valence-electron chi connectivity index (χ1n) is 5.34. The summed E-state index contributed by atoms with van der Waals surface area (Å²) >= 11 is 3.24. The fraction of sp³-hybridized carbons (Fsp3) is 0.333. The van der Waals surface area contributed by atoms with Crippen molar-refractivity contribution in [1.29, 1.82) is 0 Å². The van der Waals surface area contributed by atoms with Gasteiger partial charge in [0.05, 0.1) is 0 Å². The number of oxime groups is 1. The molecule has 0 amide bonds. The van der Waals surface area contributed by atoms with Gasteiger partial charge in [-0.25, -0.2) is 13.6 Å². The summed E-state index contributed by atoms with van der Waals surface area (Å²) in [6, 6.07) is 2.86. The lowest BCUT2D eigenvalue weighted by molar-refractivity contribution is -0.161. The molecule has 19 heavy (non-hydrogen) atoms. The van der Waals surface area contributed by atoms with Crippen molar-refractivity contribution in [3.05, 3.63) is 35.4 Å². The molecule has 1 aromatic rings. The summed E-state index contributed by atoms with van der Waals surface area (Å²) < 4.78 is 25.2. The number of benzene rings is 1. The molecule has 2 atom stereocenters. The number of hydrogen-bond acceptors (Lipinski definition) is 3. The Balaban J connectivity index is 2.51. The number of carbonyl (C=O) groups is 1. The van der Waals surface area contributed by atoms with Crippen LogP contribution in [0.3, 0.4) is 0 Å². The highest BCUT2D eigenvalue weighted by Crippen LogP contribution is 2.43. The lowest BCUT2D eigenvalue weighted by atomic mass is 9.84. The summed E-state index contributed by atoms with van der Waals surface area (Å²) in [7, 11) is 0. The molecule has 2 unspecified atom stereocenters. The third kappa shape index (κ3) is 2.01. The summed E-state index contributed by atoms with van der Waals surface area (Å²) in [6.07, 6.45) is 0. The molecule has 0 bridgehead atoms. The number of halogens is 3. The van der Waals surface area contributed by atoms with E-state index >= 15 is 0 Å². The van der Waals surface area contributed by atoms with Gasteiger partial charge in [0.25, 0.3) is 5.60 Å². The minimum absolute atomic E-state index is 0.121. The van der Waals surface area contributed by atoms with E-state index in [9.17, 15) is 18.7 Å². The number of aliphatic carboxylic acids is 1. The van der Waals surface area contributed by atoms with Crippen LogP contribution >= 0.6 is 15.9 Å². The average molecular weight is 334 g/mol. The molecule has 7 heteroatoms. The first-order valence-corrected chi connectivity index (χ1v) is 6.13. The molecular formula is C12H10BrF2NO3. The van der Waals surface area contributed by atoms with Crippen LogP contribution in [0.1, 0.15) is 19.4 Å². The maximum absolute atomic E-state index is 13.2. The largest absolute Gasteiger partial charge is 0.478 e. The van der Waals surface area contributed by atoms with Crippen LogP contribution in [0.15, 0.2) is 23.4 Å². The van der Waals surface area contributed by atoms with Gasteiger partial charge in [-0.3, -0.25) is 0 Å². The van der Waals surface area contributed by atoms with E-state index in [1.807, 2.05) is 0 Å². The van der Waals surface area contributed by atoms with E-state index < -0.39 is 27.5 Å². The zero-order valence-electron chi connectivity index (χ0n) is 10.1. The number of hydrogen-bond donors (Lipinski definition) is 1. The zero-order chi connectivity index (χ0) is 14.4. The summed E-state index contributed by atoms with van der Waals surface area (Å²) in [5.41, 5.74) is -1.41. The quantitative estimate of drug-likeness (QED) is 0.846. The standard InChI is InChI=1S/C12H10BrF2NO3/c1-11(13)9(16-19-12(11,2)10(17)18)6-3-7(14)5-8(15)4-6/h3-5H,1-2H3,(H,17,18). The van der Waals surface area contributed by atoms with E-state index in [-0.39, 0.29) is 11.3 Å². The fourth-order valence-electron chi connectivity index (χ4n) is 1.79. The van der Waals surface area contributed by atoms with Gasteiger partial charge < -0.3 is 9.94 Å². The number of rotatable bonds is 2. The van der Waals surface area contributed by atoms with E-state index in [2.05, 4.69) is 21.1 Å². The van der Waals surface area contributed by atoms with Gasteiger partial charge in [0, 0.05) is 11.6 Å². The van der Waals surface area contributed by atoms with Gasteiger partial charge in [-0.2, -0.15) is 0 Å². The van der Waals surface area contributed by atoms with E-state index in [0.717, 1.165) is 18.2 Å². The molecule has 0 aliphatic carbocycles. The minimum atomic E-state index is -1.66. The Kier molecular flexibility index (Phi) is 3.12. The molecule has 0 saturated carbocycles. The number of carboxylic acid groups (broad SMARTS) is 1. The van der Waals surface area contributed by atoms with Crippen LogP contribution in [0.5, 0.6) is 0 Å². The molecule has 0 radical (unpaired) electrons. The van der Waals surface area contributed by atoms with Crippen molar-refractivity contribution in [3.8, 4) is 0 Å². The Bertz CT molecular complexity index is 568. The van der Waals surface area contributed by atoms with E-state index in [4.69, 9.17) is 4.84 Å². The second-order valence-corrected chi connectivity index (χ2v) is 6.12. The van der Waals surface area contributed by atoms with Gasteiger partial charge in [-0.15, -0.1) is 0 Å². The third-order valence-corrected chi connectivity index (χ3v) is 4.34. The second-order valence-electron chi connectivity index (χ2n) is 4.53. The summed E-state index contributed by atoms with van der Waals surface area (Å²) in [5, 5.41) is 12.9. The summed E-state index contributed by atoms with van der Waals surface area (Å²) in [6.45, 7) is 2.85. The Hall–Kier alpha value is -1.50. The van der Waals surface area contributed by atoms with Crippen LogP contribution in [0.2, 0.25) is 0 Å². The van der Waals surface area contributed by atoms with Gasteiger partial charge in [0.15, 0.2) is 0 Å². The van der Waals surface area contributed by atoms with E-state index in [1.54, 1.807) is 0 Å². The molecule has 1 aromatic carbocycles.